The Hall–Kier alpha value is -2.40. The molecule has 0 saturated carbocycles. The van der Waals surface area contributed by atoms with E-state index in [2.05, 4.69) is 20.8 Å². The first-order chi connectivity index (χ1) is 9.31. The molecule has 0 fully saturated rings. The van der Waals surface area contributed by atoms with Gasteiger partial charge < -0.3 is 10.6 Å². The maximum atomic E-state index is 5.27. The van der Waals surface area contributed by atoms with E-state index in [0.717, 1.165) is 22.3 Å². The van der Waals surface area contributed by atoms with E-state index < -0.39 is 0 Å². The number of fused-ring (bicyclic) bond motifs is 1. The molecule has 5 heteroatoms. The zero-order valence-electron chi connectivity index (χ0n) is 10.1. The van der Waals surface area contributed by atoms with Gasteiger partial charge in [0.1, 0.15) is 0 Å². The summed E-state index contributed by atoms with van der Waals surface area (Å²) >= 11 is 5.27. The fourth-order valence-corrected chi connectivity index (χ4v) is 2.07. The van der Waals surface area contributed by atoms with Crippen molar-refractivity contribution >= 4 is 39.6 Å². The lowest BCUT2D eigenvalue weighted by Gasteiger charge is -2.10. The number of nitrogens with zero attached hydrogens (tertiary/aromatic N) is 1. The number of hydrogen-bond acceptors (Lipinski definition) is 2. The first-order valence-electron chi connectivity index (χ1n) is 5.87. The minimum Gasteiger partial charge on any atom is -0.332 e. The Balaban J connectivity index is 1.72. The summed E-state index contributed by atoms with van der Waals surface area (Å²) in [5, 5.41) is 14.8. The third-order valence-corrected chi connectivity index (χ3v) is 2.93. The molecule has 1 aromatic heterocycles. The van der Waals surface area contributed by atoms with E-state index in [1.165, 1.54) is 0 Å². The fourth-order valence-electron chi connectivity index (χ4n) is 1.84. The molecule has 0 radical (unpaired) electrons. The molecule has 0 aliphatic rings. The van der Waals surface area contributed by atoms with Gasteiger partial charge >= 0.3 is 0 Å². The Morgan fingerprint density at radius 2 is 1.79 bits per heavy atom. The Bertz CT molecular complexity index is 706. The van der Waals surface area contributed by atoms with Crippen LogP contribution in [0.1, 0.15) is 0 Å². The van der Waals surface area contributed by atoms with Crippen LogP contribution in [-0.2, 0) is 0 Å². The van der Waals surface area contributed by atoms with Crippen LogP contribution in [0.3, 0.4) is 0 Å². The van der Waals surface area contributed by atoms with Gasteiger partial charge in [-0.15, -0.1) is 0 Å². The topological polar surface area (TPSA) is 52.7 Å². The van der Waals surface area contributed by atoms with Crippen LogP contribution >= 0.6 is 12.2 Å². The summed E-state index contributed by atoms with van der Waals surface area (Å²) in [4.78, 5) is 0. The monoisotopic (exact) mass is 268 g/mol. The highest BCUT2D eigenvalue weighted by Gasteiger charge is 2.01. The Labute approximate surface area is 115 Å². The second-order valence-corrected chi connectivity index (χ2v) is 4.53. The van der Waals surface area contributed by atoms with Crippen LogP contribution in [0.4, 0.5) is 11.4 Å². The zero-order valence-corrected chi connectivity index (χ0v) is 10.9. The number of nitrogens with one attached hydrogen (secondary N) is 3. The molecule has 0 bridgehead atoms. The van der Waals surface area contributed by atoms with Crippen LogP contribution in [0.25, 0.3) is 10.9 Å². The second kappa shape index (κ2) is 5.07. The maximum Gasteiger partial charge on any atom is 0.175 e. The van der Waals surface area contributed by atoms with Gasteiger partial charge in [0.05, 0.1) is 11.7 Å². The van der Waals surface area contributed by atoms with Gasteiger partial charge in [0.2, 0.25) is 0 Å². The molecule has 2 aromatic carbocycles. The second-order valence-electron chi connectivity index (χ2n) is 4.12. The number of aromatic amines is 1. The molecular formula is C14H12N4S. The molecule has 19 heavy (non-hydrogen) atoms. The third-order valence-electron chi connectivity index (χ3n) is 2.73. The molecule has 3 rings (SSSR count). The molecule has 0 saturated heterocycles. The standard InChI is InChI=1S/C14H12N4S/c19-14(16-11-4-2-1-3-5-11)17-12-6-7-13-10(8-12)9-15-18-13/h1-9H,(H,15,18)(H2,16,17,19). The van der Waals surface area contributed by atoms with Crippen LogP contribution in [0.15, 0.2) is 54.7 Å². The summed E-state index contributed by atoms with van der Waals surface area (Å²) in [6.45, 7) is 0. The quantitative estimate of drug-likeness (QED) is 0.624. The smallest absolute Gasteiger partial charge is 0.175 e. The van der Waals surface area contributed by atoms with Gasteiger partial charge in [-0.1, -0.05) is 18.2 Å². The minimum atomic E-state index is 0.564. The third kappa shape index (κ3) is 2.71. The molecule has 0 atom stereocenters. The fraction of sp³-hybridized carbons (Fsp3) is 0. The SMILES string of the molecule is S=C(Nc1ccccc1)Nc1ccc2[nH]ncc2c1. The van der Waals surface area contributed by atoms with Crippen molar-refractivity contribution in [1.82, 2.24) is 10.2 Å². The van der Waals surface area contributed by atoms with E-state index in [-0.39, 0.29) is 0 Å². The highest BCUT2D eigenvalue weighted by Crippen LogP contribution is 2.17. The molecule has 1 heterocycles. The summed E-state index contributed by atoms with van der Waals surface area (Å²) in [5.41, 5.74) is 2.90. The van der Waals surface area contributed by atoms with Gasteiger partial charge in [0.25, 0.3) is 0 Å². The Morgan fingerprint density at radius 1 is 1.00 bits per heavy atom. The summed E-state index contributed by atoms with van der Waals surface area (Å²) in [6.07, 6.45) is 1.79. The lowest BCUT2D eigenvalue weighted by atomic mass is 10.2. The minimum absolute atomic E-state index is 0.564. The van der Waals surface area contributed by atoms with Crippen LogP contribution in [0, 0.1) is 0 Å². The van der Waals surface area contributed by atoms with Crippen LogP contribution in [0.5, 0.6) is 0 Å². The summed E-state index contributed by atoms with van der Waals surface area (Å²) in [5.74, 6) is 0. The molecule has 0 aliphatic carbocycles. The first kappa shape index (κ1) is 11.7. The van der Waals surface area contributed by atoms with Crippen molar-refractivity contribution in [3.63, 3.8) is 0 Å². The number of hydrogen-bond donors (Lipinski definition) is 3. The highest BCUT2D eigenvalue weighted by molar-refractivity contribution is 7.80. The van der Waals surface area contributed by atoms with Gasteiger partial charge in [-0.25, -0.2) is 0 Å². The Morgan fingerprint density at radius 3 is 2.63 bits per heavy atom. The first-order valence-corrected chi connectivity index (χ1v) is 6.28. The number of benzene rings is 2. The van der Waals surface area contributed by atoms with Crippen molar-refractivity contribution in [2.45, 2.75) is 0 Å². The van der Waals surface area contributed by atoms with E-state index in [1.807, 2.05) is 48.5 Å². The number of anilines is 2. The van der Waals surface area contributed by atoms with Crippen molar-refractivity contribution in [2.75, 3.05) is 10.6 Å². The van der Waals surface area contributed by atoms with Crippen molar-refractivity contribution in [3.8, 4) is 0 Å². The van der Waals surface area contributed by atoms with Crippen LogP contribution in [0.2, 0.25) is 0 Å². The number of para-hydroxylation sites is 1. The number of rotatable bonds is 2. The molecule has 3 aromatic rings. The van der Waals surface area contributed by atoms with Gasteiger partial charge in [0, 0.05) is 16.8 Å². The molecular weight excluding hydrogens is 256 g/mol. The number of thiocarbonyl (C=S) groups is 1. The lowest BCUT2D eigenvalue weighted by Crippen LogP contribution is -2.18. The average molecular weight is 268 g/mol. The van der Waals surface area contributed by atoms with E-state index >= 15 is 0 Å². The van der Waals surface area contributed by atoms with Crippen molar-refractivity contribution in [3.05, 3.63) is 54.7 Å². The maximum absolute atomic E-state index is 5.27. The molecule has 0 aliphatic heterocycles. The zero-order chi connectivity index (χ0) is 13.1. The van der Waals surface area contributed by atoms with Gasteiger partial charge in [-0.3, -0.25) is 5.10 Å². The number of aromatic nitrogens is 2. The lowest BCUT2D eigenvalue weighted by molar-refractivity contribution is 1.12. The van der Waals surface area contributed by atoms with Crippen molar-refractivity contribution < 1.29 is 0 Å². The van der Waals surface area contributed by atoms with Crippen molar-refractivity contribution in [2.24, 2.45) is 0 Å². The molecule has 3 N–H and O–H groups in total. The largest absolute Gasteiger partial charge is 0.332 e. The summed E-state index contributed by atoms with van der Waals surface area (Å²) in [7, 11) is 0. The molecule has 94 valence electrons. The van der Waals surface area contributed by atoms with E-state index in [0.29, 0.717) is 5.11 Å². The van der Waals surface area contributed by atoms with Crippen LogP contribution < -0.4 is 10.6 Å². The molecule has 0 amide bonds. The normalized spacial score (nSPS) is 10.3. The molecule has 0 spiro atoms. The molecule has 4 nitrogen and oxygen atoms in total. The Kier molecular flexibility index (Phi) is 3.12. The summed E-state index contributed by atoms with van der Waals surface area (Å²) < 4.78 is 0. The van der Waals surface area contributed by atoms with Gasteiger partial charge in [-0.05, 0) is 42.5 Å². The average Bonchev–Trinajstić information content (AvgIpc) is 2.87. The van der Waals surface area contributed by atoms with E-state index in [4.69, 9.17) is 12.2 Å². The van der Waals surface area contributed by atoms with E-state index in [1.54, 1.807) is 6.20 Å². The predicted octanol–water partition coefficient (Wildman–Crippen LogP) is 3.37. The van der Waals surface area contributed by atoms with Gasteiger partial charge in [-0.2, -0.15) is 5.10 Å². The van der Waals surface area contributed by atoms with E-state index in [9.17, 15) is 0 Å². The van der Waals surface area contributed by atoms with Crippen LogP contribution in [-0.4, -0.2) is 15.3 Å². The highest BCUT2D eigenvalue weighted by atomic mass is 32.1. The van der Waals surface area contributed by atoms with Crippen molar-refractivity contribution in [1.29, 1.82) is 0 Å². The predicted molar refractivity (Wildman–Crippen MR) is 82.4 cm³/mol. The summed E-state index contributed by atoms with van der Waals surface area (Å²) in [6, 6.07) is 15.7. The van der Waals surface area contributed by atoms with Gasteiger partial charge in [0.15, 0.2) is 5.11 Å². The number of H-pyrrole nitrogens is 1. The molecule has 0 unspecified atom stereocenters.